The van der Waals surface area contributed by atoms with Gasteiger partial charge in [-0.3, -0.25) is 0 Å². The van der Waals surface area contributed by atoms with Crippen molar-refractivity contribution in [2.45, 2.75) is 39.2 Å². The molecule has 0 radical (unpaired) electrons. The first-order valence-corrected chi connectivity index (χ1v) is 6.94. The average Bonchev–Trinajstić information content (AvgIpc) is 2.95. The van der Waals surface area contributed by atoms with E-state index in [0.717, 1.165) is 0 Å². The van der Waals surface area contributed by atoms with Crippen molar-refractivity contribution < 1.29 is 0 Å². The van der Waals surface area contributed by atoms with Crippen molar-refractivity contribution in [3.05, 3.63) is 35.0 Å². The van der Waals surface area contributed by atoms with Crippen LogP contribution in [0.3, 0.4) is 0 Å². The molecule has 1 aliphatic rings. The fraction of sp³-hybridized carbons (Fsp3) is 0.500. The first-order chi connectivity index (χ1) is 8.66. The number of aryl methyl sites for hydroxylation is 2. The Balaban J connectivity index is 1.97. The van der Waals surface area contributed by atoms with Gasteiger partial charge in [0.2, 0.25) is 0 Å². The van der Waals surface area contributed by atoms with Crippen LogP contribution in [0.4, 0.5) is 0 Å². The molecule has 0 spiro atoms. The van der Waals surface area contributed by atoms with Crippen molar-refractivity contribution in [1.29, 1.82) is 0 Å². The van der Waals surface area contributed by atoms with Crippen LogP contribution in [0.25, 0.3) is 10.9 Å². The molecule has 3 rings (SSSR count). The van der Waals surface area contributed by atoms with Crippen LogP contribution in [0, 0.1) is 13.8 Å². The third-order valence-corrected chi connectivity index (χ3v) is 4.52. The fourth-order valence-corrected chi connectivity index (χ4v) is 3.14. The molecule has 0 aliphatic carbocycles. The van der Waals surface area contributed by atoms with Gasteiger partial charge in [0, 0.05) is 29.7 Å². The van der Waals surface area contributed by atoms with Gasteiger partial charge in [0.15, 0.2) is 0 Å². The SMILES string of the molecule is Cc1c(C)n(C)c2cc(CC3CCCN3)ccc12. The minimum Gasteiger partial charge on any atom is -0.348 e. The predicted molar refractivity (Wildman–Crippen MR) is 77.1 cm³/mol. The molecule has 0 bridgehead atoms. The number of aromatic nitrogens is 1. The van der Waals surface area contributed by atoms with Crippen molar-refractivity contribution in [2.75, 3.05) is 6.54 Å². The lowest BCUT2D eigenvalue weighted by Crippen LogP contribution is -2.23. The second kappa shape index (κ2) is 4.43. The molecule has 1 saturated heterocycles. The van der Waals surface area contributed by atoms with E-state index >= 15 is 0 Å². The fourth-order valence-electron chi connectivity index (χ4n) is 3.14. The Morgan fingerprint density at radius 2 is 2.17 bits per heavy atom. The van der Waals surface area contributed by atoms with Gasteiger partial charge in [0.05, 0.1) is 0 Å². The molecule has 18 heavy (non-hydrogen) atoms. The van der Waals surface area contributed by atoms with Gasteiger partial charge in [-0.05, 0) is 56.8 Å². The van der Waals surface area contributed by atoms with Crippen LogP contribution in [0.5, 0.6) is 0 Å². The first-order valence-electron chi connectivity index (χ1n) is 6.94. The van der Waals surface area contributed by atoms with E-state index in [0.29, 0.717) is 6.04 Å². The molecule has 0 saturated carbocycles. The molecule has 2 aromatic rings. The molecule has 0 amide bonds. The van der Waals surface area contributed by atoms with E-state index in [4.69, 9.17) is 0 Å². The first kappa shape index (κ1) is 11.8. The summed E-state index contributed by atoms with van der Waals surface area (Å²) < 4.78 is 2.32. The maximum Gasteiger partial charge on any atom is 0.0485 e. The molecule has 1 unspecified atom stereocenters. The molecule has 1 N–H and O–H groups in total. The van der Waals surface area contributed by atoms with E-state index in [1.54, 1.807) is 0 Å². The standard InChI is InChI=1S/C16H22N2/c1-11-12(2)18(3)16-10-13(6-7-15(11)16)9-14-5-4-8-17-14/h6-7,10,14,17H,4-5,8-9H2,1-3H3. The van der Waals surface area contributed by atoms with Crippen LogP contribution >= 0.6 is 0 Å². The van der Waals surface area contributed by atoms with Crippen LogP contribution in [0.15, 0.2) is 18.2 Å². The Bertz CT molecular complexity index is 574. The van der Waals surface area contributed by atoms with E-state index in [-0.39, 0.29) is 0 Å². The summed E-state index contributed by atoms with van der Waals surface area (Å²) in [5.74, 6) is 0. The average molecular weight is 242 g/mol. The second-order valence-corrected chi connectivity index (χ2v) is 5.62. The third-order valence-electron chi connectivity index (χ3n) is 4.52. The van der Waals surface area contributed by atoms with Crippen molar-refractivity contribution in [3.8, 4) is 0 Å². The summed E-state index contributed by atoms with van der Waals surface area (Å²) in [5.41, 5.74) is 5.63. The number of rotatable bonds is 2. The van der Waals surface area contributed by atoms with E-state index in [1.807, 2.05) is 0 Å². The van der Waals surface area contributed by atoms with Gasteiger partial charge in [-0.25, -0.2) is 0 Å². The van der Waals surface area contributed by atoms with Crippen molar-refractivity contribution in [2.24, 2.45) is 7.05 Å². The molecular formula is C16H22N2. The van der Waals surface area contributed by atoms with Crippen LogP contribution in [0.1, 0.15) is 29.7 Å². The molecular weight excluding hydrogens is 220 g/mol. The van der Waals surface area contributed by atoms with Crippen molar-refractivity contribution in [3.63, 3.8) is 0 Å². The smallest absolute Gasteiger partial charge is 0.0485 e. The number of hydrogen-bond donors (Lipinski definition) is 1. The maximum atomic E-state index is 3.58. The summed E-state index contributed by atoms with van der Waals surface area (Å²) in [7, 11) is 2.17. The van der Waals surface area contributed by atoms with Gasteiger partial charge in [-0.15, -0.1) is 0 Å². The van der Waals surface area contributed by atoms with E-state index in [1.165, 1.54) is 53.5 Å². The largest absolute Gasteiger partial charge is 0.348 e. The number of fused-ring (bicyclic) bond motifs is 1. The van der Waals surface area contributed by atoms with Gasteiger partial charge in [-0.2, -0.15) is 0 Å². The number of nitrogens with one attached hydrogen (secondary N) is 1. The van der Waals surface area contributed by atoms with E-state index in [9.17, 15) is 0 Å². The minimum absolute atomic E-state index is 0.685. The van der Waals surface area contributed by atoms with Crippen molar-refractivity contribution >= 4 is 10.9 Å². The highest BCUT2D eigenvalue weighted by atomic mass is 14.9. The van der Waals surface area contributed by atoms with Crippen LogP contribution in [-0.2, 0) is 13.5 Å². The molecule has 1 fully saturated rings. The third kappa shape index (κ3) is 1.85. The number of nitrogens with zero attached hydrogens (tertiary/aromatic N) is 1. The molecule has 2 heteroatoms. The van der Waals surface area contributed by atoms with Gasteiger partial charge in [-0.1, -0.05) is 12.1 Å². The molecule has 1 aromatic heterocycles. The van der Waals surface area contributed by atoms with Gasteiger partial charge >= 0.3 is 0 Å². The molecule has 1 aromatic carbocycles. The van der Waals surface area contributed by atoms with E-state index < -0.39 is 0 Å². The molecule has 96 valence electrons. The zero-order valence-electron chi connectivity index (χ0n) is 11.6. The van der Waals surface area contributed by atoms with Gasteiger partial charge in [0.1, 0.15) is 0 Å². The summed E-state index contributed by atoms with van der Waals surface area (Å²) in [6.45, 7) is 5.61. The summed E-state index contributed by atoms with van der Waals surface area (Å²) in [6, 6.07) is 7.65. The Kier molecular flexibility index (Phi) is 2.90. The Hall–Kier alpha value is -1.28. The zero-order chi connectivity index (χ0) is 12.7. The highest BCUT2D eigenvalue weighted by Crippen LogP contribution is 2.25. The Morgan fingerprint density at radius 1 is 1.33 bits per heavy atom. The topological polar surface area (TPSA) is 17.0 Å². The summed E-state index contributed by atoms with van der Waals surface area (Å²) in [6.07, 6.45) is 3.82. The highest BCUT2D eigenvalue weighted by molar-refractivity contribution is 5.85. The van der Waals surface area contributed by atoms with E-state index in [2.05, 4.69) is 49.0 Å². The predicted octanol–water partition coefficient (Wildman–Crippen LogP) is 3.09. The van der Waals surface area contributed by atoms with Gasteiger partial charge < -0.3 is 9.88 Å². The lowest BCUT2D eigenvalue weighted by molar-refractivity contribution is 0.603. The monoisotopic (exact) mass is 242 g/mol. The lowest BCUT2D eigenvalue weighted by atomic mass is 10.0. The molecule has 1 aliphatic heterocycles. The minimum atomic E-state index is 0.685. The molecule has 2 heterocycles. The summed E-state index contributed by atoms with van der Waals surface area (Å²) in [4.78, 5) is 0. The highest BCUT2D eigenvalue weighted by Gasteiger charge is 2.15. The Morgan fingerprint density at radius 3 is 2.89 bits per heavy atom. The molecule has 2 nitrogen and oxygen atoms in total. The number of benzene rings is 1. The maximum absolute atomic E-state index is 3.58. The summed E-state index contributed by atoms with van der Waals surface area (Å²) in [5, 5.41) is 4.98. The normalized spacial score (nSPS) is 19.8. The van der Waals surface area contributed by atoms with Crippen LogP contribution in [0.2, 0.25) is 0 Å². The van der Waals surface area contributed by atoms with Crippen LogP contribution in [-0.4, -0.2) is 17.2 Å². The molecule has 1 atom stereocenters. The summed E-state index contributed by atoms with van der Waals surface area (Å²) >= 11 is 0. The Labute approximate surface area is 109 Å². The van der Waals surface area contributed by atoms with Crippen LogP contribution < -0.4 is 5.32 Å². The quantitative estimate of drug-likeness (QED) is 0.856. The number of hydrogen-bond acceptors (Lipinski definition) is 1. The second-order valence-electron chi connectivity index (χ2n) is 5.62. The van der Waals surface area contributed by atoms with Crippen molar-refractivity contribution in [1.82, 2.24) is 9.88 Å². The zero-order valence-corrected chi connectivity index (χ0v) is 11.6. The lowest BCUT2D eigenvalue weighted by Gasteiger charge is -2.10. The van der Waals surface area contributed by atoms with Gasteiger partial charge in [0.25, 0.3) is 0 Å².